The average Bonchev–Trinajstić information content (AvgIpc) is 2.61. The lowest BCUT2D eigenvalue weighted by Crippen LogP contribution is -2.40. The number of hydrogen-bond donors (Lipinski definition) is 4. The highest BCUT2D eigenvalue weighted by molar-refractivity contribution is 6.18. The Morgan fingerprint density at radius 3 is 2.50 bits per heavy atom. The van der Waals surface area contributed by atoms with Gasteiger partial charge in [-0.25, -0.2) is 9.37 Å². The fourth-order valence-corrected chi connectivity index (χ4v) is 2.28. The van der Waals surface area contributed by atoms with Gasteiger partial charge < -0.3 is 20.8 Å². The molecule has 0 bridgehead atoms. The number of alkyl halides is 1. The van der Waals surface area contributed by atoms with Crippen LogP contribution in [0.2, 0.25) is 0 Å². The summed E-state index contributed by atoms with van der Waals surface area (Å²) in [5.41, 5.74) is -0.469. The average molecular weight is 383 g/mol. The Hall–Kier alpha value is -2.45. The van der Waals surface area contributed by atoms with Crippen LogP contribution in [0.15, 0.2) is 24.3 Å². The first-order valence-electron chi connectivity index (χ1n) is 7.88. The molecule has 9 heteroatoms. The number of amides is 1. The zero-order valence-corrected chi connectivity index (χ0v) is 15.1. The number of nitrogens with one attached hydrogen (secondary N) is 2. The molecular weight excluding hydrogens is 363 g/mol. The van der Waals surface area contributed by atoms with Gasteiger partial charge in [0.05, 0.1) is 5.54 Å². The molecule has 140 valence electrons. The molecule has 1 amide bonds. The second kappa shape index (κ2) is 8.29. The van der Waals surface area contributed by atoms with E-state index in [0.717, 1.165) is 0 Å². The number of aromatic nitrogens is 2. The van der Waals surface area contributed by atoms with Gasteiger partial charge in [-0.1, -0.05) is 12.1 Å². The molecule has 0 unspecified atom stereocenters. The Morgan fingerprint density at radius 1 is 1.23 bits per heavy atom. The maximum Gasteiger partial charge on any atom is 0.274 e. The molecular formula is C17H20ClFN4O3. The van der Waals surface area contributed by atoms with E-state index in [9.17, 15) is 19.4 Å². The van der Waals surface area contributed by atoms with E-state index >= 15 is 0 Å². The van der Waals surface area contributed by atoms with E-state index in [1.54, 1.807) is 13.8 Å². The molecule has 0 atom stereocenters. The van der Waals surface area contributed by atoms with E-state index in [1.165, 1.54) is 24.3 Å². The molecule has 0 radical (unpaired) electrons. The smallest absolute Gasteiger partial charge is 0.274 e. The lowest BCUT2D eigenvalue weighted by atomic mass is 10.0. The molecule has 2 rings (SSSR count). The summed E-state index contributed by atoms with van der Waals surface area (Å²) >= 11 is 5.66. The van der Waals surface area contributed by atoms with Crippen molar-refractivity contribution in [2.75, 3.05) is 12.4 Å². The van der Waals surface area contributed by atoms with E-state index in [-0.39, 0.29) is 23.9 Å². The number of nitrogens with zero attached hydrogens (tertiary/aromatic N) is 2. The maximum absolute atomic E-state index is 12.9. The summed E-state index contributed by atoms with van der Waals surface area (Å²) in [7, 11) is 0. The van der Waals surface area contributed by atoms with Gasteiger partial charge in [0.15, 0.2) is 11.5 Å². The number of carbonyl (C=O) groups excluding carboxylic acids is 1. The highest BCUT2D eigenvalue weighted by Crippen LogP contribution is 2.28. The van der Waals surface area contributed by atoms with Crippen LogP contribution >= 0.6 is 11.6 Å². The summed E-state index contributed by atoms with van der Waals surface area (Å²) in [5, 5.41) is 25.4. The summed E-state index contributed by atoms with van der Waals surface area (Å²) in [6.45, 7) is 4.08. The van der Waals surface area contributed by atoms with Gasteiger partial charge in [-0.2, -0.15) is 4.98 Å². The van der Waals surface area contributed by atoms with E-state index in [1.807, 2.05) is 0 Å². The Labute approximate surface area is 155 Å². The number of aromatic hydroxyl groups is 2. The molecule has 0 saturated carbocycles. The lowest BCUT2D eigenvalue weighted by molar-refractivity contribution is 0.0940. The van der Waals surface area contributed by atoms with E-state index < -0.39 is 23.1 Å². The Kier molecular flexibility index (Phi) is 6.33. The van der Waals surface area contributed by atoms with Crippen molar-refractivity contribution in [3.63, 3.8) is 0 Å². The maximum atomic E-state index is 12.9. The number of benzene rings is 1. The van der Waals surface area contributed by atoms with Gasteiger partial charge in [-0.15, -0.1) is 11.6 Å². The number of rotatable bonds is 7. The number of halogens is 2. The first kappa shape index (κ1) is 19.9. The van der Waals surface area contributed by atoms with Crippen molar-refractivity contribution in [1.82, 2.24) is 20.6 Å². The Morgan fingerprint density at radius 2 is 1.88 bits per heavy atom. The largest absolute Gasteiger partial charge is 0.501 e. The molecule has 2 aromatic rings. The van der Waals surface area contributed by atoms with Crippen LogP contribution in [0.1, 0.15) is 35.7 Å². The third-order valence-corrected chi connectivity index (χ3v) is 3.86. The van der Waals surface area contributed by atoms with Crippen molar-refractivity contribution >= 4 is 17.5 Å². The SMILES string of the molecule is CC(C)(NCCCl)c1nc(O)c(O)c(C(=O)NCc2ccc(F)cc2)n1. The van der Waals surface area contributed by atoms with Crippen LogP contribution in [-0.2, 0) is 12.1 Å². The standard InChI is InChI=1S/C17H20ClFN4O3/c1-17(2,21-8-7-18)16-22-12(13(24)15(26)23-16)14(25)20-9-10-3-5-11(19)6-4-10/h3-6,21,24H,7-9H2,1-2H3,(H,20,25)(H,22,23,26). The van der Waals surface area contributed by atoms with E-state index in [0.29, 0.717) is 18.0 Å². The van der Waals surface area contributed by atoms with Gasteiger partial charge in [0.25, 0.3) is 11.8 Å². The predicted molar refractivity (Wildman–Crippen MR) is 94.7 cm³/mol. The molecule has 0 aliphatic carbocycles. The molecule has 0 saturated heterocycles. The van der Waals surface area contributed by atoms with Gasteiger partial charge >= 0.3 is 0 Å². The van der Waals surface area contributed by atoms with Crippen molar-refractivity contribution in [2.45, 2.75) is 25.9 Å². The molecule has 26 heavy (non-hydrogen) atoms. The van der Waals surface area contributed by atoms with Crippen molar-refractivity contribution < 1.29 is 19.4 Å². The number of carbonyl (C=O) groups is 1. The van der Waals surface area contributed by atoms with E-state index in [4.69, 9.17) is 11.6 Å². The molecule has 0 fully saturated rings. The minimum absolute atomic E-state index is 0.104. The van der Waals surface area contributed by atoms with Crippen LogP contribution in [0.25, 0.3) is 0 Å². The topological polar surface area (TPSA) is 107 Å². The van der Waals surface area contributed by atoms with E-state index in [2.05, 4.69) is 20.6 Å². The van der Waals surface area contributed by atoms with Crippen LogP contribution in [-0.4, -0.2) is 38.5 Å². The summed E-state index contributed by atoms with van der Waals surface area (Å²) < 4.78 is 12.9. The van der Waals surface area contributed by atoms with Gasteiger partial charge in [-0.05, 0) is 31.5 Å². The highest BCUT2D eigenvalue weighted by atomic mass is 35.5. The predicted octanol–water partition coefficient (Wildman–Crippen LogP) is 2.02. The van der Waals surface area contributed by atoms with Gasteiger partial charge in [0.1, 0.15) is 5.82 Å². The molecule has 1 aromatic heterocycles. The zero-order chi connectivity index (χ0) is 19.3. The molecule has 1 heterocycles. The second-order valence-corrected chi connectivity index (χ2v) is 6.50. The summed E-state index contributed by atoms with van der Waals surface area (Å²) in [6, 6.07) is 5.60. The fourth-order valence-electron chi connectivity index (χ4n) is 2.19. The third-order valence-electron chi connectivity index (χ3n) is 3.67. The lowest BCUT2D eigenvalue weighted by Gasteiger charge is -2.25. The summed E-state index contributed by atoms with van der Waals surface area (Å²) in [5.74, 6) is -1.99. The second-order valence-electron chi connectivity index (χ2n) is 6.12. The zero-order valence-electron chi connectivity index (χ0n) is 14.4. The third kappa shape index (κ3) is 4.80. The number of hydrogen-bond acceptors (Lipinski definition) is 6. The summed E-state index contributed by atoms with van der Waals surface area (Å²) in [4.78, 5) is 20.3. The van der Waals surface area contributed by atoms with Crippen LogP contribution in [0.3, 0.4) is 0 Å². The normalized spacial score (nSPS) is 11.4. The van der Waals surface area contributed by atoms with Crippen LogP contribution in [0, 0.1) is 5.82 Å². The Balaban J connectivity index is 2.21. The molecule has 0 aliphatic rings. The molecule has 1 aromatic carbocycles. The van der Waals surface area contributed by atoms with Crippen LogP contribution in [0.5, 0.6) is 11.6 Å². The van der Waals surface area contributed by atoms with Gasteiger partial charge in [0.2, 0.25) is 5.75 Å². The minimum atomic E-state index is -0.786. The first-order valence-corrected chi connectivity index (χ1v) is 8.42. The Bertz CT molecular complexity index is 784. The highest BCUT2D eigenvalue weighted by Gasteiger charge is 2.28. The van der Waals surface area contributed by atoms with Crippen LogP contribution in [0.4, 0.5) is 4.39 Å². The van der Waals surface area contributed by atoms with Crippen molar-refractivity contribution in [2.24, 2.45) is 0 Å². The van der Waals surface area contributed by atoms with Gasteiger partial charge in [0, 0.05) is 19.0 Å². The van der Waals surface area contributed by atoms with Crippen molar-refractivity contribution in [3.05, 3.63) is 47.2 Å². The molecule has 7 nitrogen and oxygen atoms in total. The molecule has 0 aliphatic heterocycles. The fraction of sp³-hybridized carbons (Fsp3) is 0.353. The first-order chi connectivity index (χ1) is 12.2. The monoisotopic (exact) mass is 382 g/mol. The quantitative estimate of drug-likeness (QED) is 0.546. The molecule has 0 spiro atoms. The summed E-state index contributed by atoms with van der Waals surface area (Å²) in [6.07, 6.45) is 0. The van der Waals surface area contributed by atoms with Crippen LogP contribution < -0.4 is 10.6 Å². The molecule has 4 N–H and O–H groups in total. The van der Waals surface area contributed by atoms with Crippen molar-refractivity contribution in [1.29, 1.82) is 0 Å². The minimum Gasteiger partial charge on any atom is -0.501 e. The van der Waals surface area contributed by atoms with Crippen molar-refractivity contribution in [3.8, 4) is 11.6 Å². The van der Waals surface area contributed by atoms with Gasteiger partial charge in [-0.3, -0.25) is 4.79 Å².